The summed E-state index contributed by atoms with van der Waals surface area (Å²) in [6.07, 6.45) is 6.34. The number of nitrogens with zero attached hydrogens (tertiary/aromatic N) is 1. The maximum Gasteiger partial charge on any atom is 0.414 e. The second-order valence-corrected chi connectivity index (χ2v) is 5.61. The van der Waals surface area contributed by atoms with E-state index in [1.807, 2.05) is 24.3 Å². The SMILES string of the molecule is Nc1cccc(N2CCC3(CCCCC3)OC2=O)c1. The molecule has 2 N–H and O–H groups in total. The Bertz CT molecular complexity index is 481. The monoisotopic (exact) mass is 260 g/mol. The standard InChI is InChI=1S/C15H20N2O2/c16-12-5-4-6-13(11-12)17-10-9-15(19-14(17)18)7-2-1-3-8-15/h4-6,11H,1-3,7-10,16H2. The molecule has 1 aromatic carbocycles. The maximum absolute atomic E-state index is 12.2. The van der Waals surface area contributed by atoms with Gasteiger partial charge >= 0.3 is 6.09 Å². The number of nitrogen functional groups attached to an aromatic ring is 1. The highest BCUT2D eigenvalue weighted by molar-refractivity contribution is 5.89. The van der Waals surface area contributed by atoms with Crippen LogP contribution in [-0.2, 0) is 4.74 Å². The van der Waals surface area contributed by atoms with E-state index in [1.165, 1.54) is 19.3 Å². The van der Waals surface area contributed by atoms with Gasteiger partial charge in [0, 0.05) is 24.3 Å². The van der Waals surface area contributed by atoms with Gasteiger partial charge in [-0.15, -0.1) is 0 Å². The minimum atomic E-state index is -0.223. The third-order valence-electron chi connectivity index (χ3n) is 4.26. The van der Waals surface area contributed by atoms with E-state index in [4.69, 9.17) is 10.5 Å². The molecule has 0 atom stereocenters. The Morgan fingerprint density at radius 2 is 1.95 bits per heavy atom. The maximum atomic E-state index is 12.2. The number of anilines is 2. The summed E-state index contributed by atoms with van der Waals surface area (Å²) in [5, 5.41) is 0. The fourth-order valence-electron chi connectivity index (χ4n) is 3.17. The van der Waals surface area contributed by atoms with Gasteiger partial charge in [0.05, 0.1) is 0 Å². The van der Waals surface area contributed by atoms with Crippen LogP contribution in [0.15, 0.2) is 24.3 Å². The van der Waals surface area contributed by atoms with Crippen molar-refractivity contribution in [3.63, 3.8) is 0 Å². The summed E-state index contributed by atoms with van der Waals surface area (Å²) in [5.74, 6) is 0. The van der Waals surface area contributed by atoms with Crippen molar-refractivity contribution in [2.45, 2.75) is 44.1 Å². The summed E-state index contributed by atoms with van der Waals surface area (Å²) in [6, 6.07) is 7.40. The average molecular weight is 260 g/mol. The molecule has 4 heteroatoms. The molecule has 2 aliphatic rings. The highest BCUT2D eigenvalue weighted by Gasteiger charge is 2.41. The van der Waals surface area contributed by atoms with E-state index in [2.05, 4.69) is 0 Å². The molecule has 2 fully saturated rings. The van der Waals surface area contributed by atoms with E-state index >= 15 is 0 Å². The Kier molecular flexibility index (Phi) is 3.09. The highest BCUT2D eigenvalue weighted by Crippen LogP contribution is 2.38. The van der Waals surface area contributed by atoms with Crippen molar-refractivity contribution in [2.75, 3.05) is 17.2 Å². The van der Waals surface area contributed by atoms with Crippen molar-refractivity contribution in [2.24, 2.45) is 0 Å². The minimum Gasteiger partial charge on any atom is -0.442 e. The van der Waals surface area contributed by atoms with Gasteiger partial charge in [-0.2, -0.15) is 0 Å². The number of hydrogen-bond acceptors (Lipinski definition) is 3. The van der Waals surface area contributed by atoms with Gasteiger partial charge in [-0.3, -0.25) is 4.90 Å². The lowest BCUT2D eigenvalue weighted by Gasteiger charge is -2.43. The predicted octanol–water partition coefficient (Wildman–Crippen LogP) is 3.32. The van der Waals surface area contributed by atoms with Crippen molar-refractivity contribution in [3.05, 3.63) is 24.3 Å². The lowest BCUT2D eigenvalue weighted by atomic mass is 9.81. The first-order valence-electron chi connectivity index (χ1n) is 7.05. The van der Waals surface area contributed by atoms with E-state index in [0.29, 0.717) is 5.69 Å². The summed E-state index contributed by atoms with van der Waals surface area (Å²) in [5.41, 5.74) is 7.08. The molecule has 4 nitrogen and oxygen atoms in total. The number of hydrogen-bond donors (Lipinski definition) is 1. The first-order chi connectivity index (χ1) is 9.19. The molecular weight excluding hydrogens is 240 g/mol. The molecule has 0 radical (unpaired) electrons. The number of ether oxygens (including phenoxy) is 1. The average Bonchev–Trinajstić information content (AvgIpc) is 2.39. The van der Waals surface area contributed by atoms with Crippen LogP contribution in [0.2, 0.25) is 0 Å². The summed E-state index contributed by atoms with van der Waals surface area (Å²) < 4.78 is 5.77. The zero-order chi connectivity index (χ0) is 13.3. The van der Waals surface area contributed by atoms with Crippen molar-refractivity contribution in [1.29, 1.82) is 0 Å². The van der Waals surface area contributed by atoms with Gasteiger partial charge in [-0.05, 0) is 43.9 Å². The Morgan fingerprint density at radius 3 is 2.63 bits per heavy atom. The Hall–Kier alpha value is -1.71. The third kappa shape index (κ3) is 2.39. The Morgan fingerprint density at radius 1 is 1.16 bits per heavy atom. The summed E-state index contributed by atoms with van der Waals surface area (Å²) >= 11 is 0. The number of carbonyl (C=O) groups is 1. The van der Waals surface area contributed by atoms with Crippen LogP contribution in [0.3, 0.4) is 0 Å². The van der Waals surface area contributed by atoms with Gasteiger partial charge in [0.1, 0.15) is 5.60 Å². The van der Waals surface area contributed by atoms with Crippen LogP contribution in [0.1, 0.15) is 38.5 Å². The summed E-state index contributed by atoms with van der Waals surface area (Å²) in [4.78, 5) is 13.9. The fraction of sp³-hybridized carbons (Fsp3) is 0.533. The van der Waals surface area contributed by atoms with Crippen LogP contribution in [-0.4, -0.2) is 18.2 Å². The van der Waals surface area contributed by atoms with Crippen LogP contribution in [0, 0.1) is 0 Å². The number of rotatable bonds is 1. The van der Waals surface area contributed by atoms with Crippen LogP contribution in [0.4, 0.5) is 16.2 Å². The molecule has 1 aromatic rings. The largest absolute Gasteiger partial charge is 0.442 e. The van der Waals surface area contributed by atoms with E-state index in [0.717, 1.165) is 31.5 Å². The number of carbonyl (C=O) groups excluding carboxylic acids is 1. The molecule has 1 saturated heterocycles. The zero-order valence-corrected chi connectivity index (χ0v) is 11.1. The second-order valence-electron chi connectivity index (χ2n) is 5.61. The molecule has 0 unspecified atom stereocenters. The Balaban J connectivity index is 1.76. The van der Waals surface area contributed by atoms with E-state index < -0.39 is 0 Å². The lowest BCUT2D eigenvalue weighted by molar-refractivity contribution is -0.0309. The number of nitrogens with two attached hydrogens (primary N) is 1. The van der Waals surface area contributed by atoms with Crippen LogP contribution in [0.25, 0.3) is 0 Å². The van der Waals surface area contributed by atoms with E-state index in [1.54, 1.807) is 4.90 Å². The topological polar surface area (TPSA) is 55.6 Å². The van der Waals surface area contributed by atoms with Gasteiger partial charge in [0.25, 0.3) is 0 Å². The van der Waals surface area contributed by atoms with Crippen molar-refractivity contribution >= 4 is 17.5 Å². The first kappa shape index (κ1) is 12.3. The lowest BCUT2D eigenvalue weighted by Crippen LogP contribution is -2.50. The molecule has 1 amide bonds. The number of benzene rings is 1. The molecule has 0 bridgehead atoms. The molecular formula is C15H20N2O2. The Labute approximate surface area is 113 Å². The predicted molar refractivity (Wildman–Crippen MR) is 75.1 cm³/mol. The molecule has 1 saturated carbocycles. The van der Waals surface area contributed by atoms with Crippen LogP contribution >= 0.6 is 0 Å². The van der Waals surface area contributed by atoms with Crippen molar-refractivity contribution in [3.8, 4) is 0 Å². The van der Waals surface area contributed by atoms with E-state index in [-0.39, 0.29) is 11.7 Å². The van der Waals surface area contributed by atoms with Gasteiger partial charge in [-0.25, -0.2) is 4.79 Å². The third-order valence-corrected chi connectivity index (χ3v) is 4.26. The van der Waals surface area contributed by atoms with Crippen LogP contribution in [0.5, 0.6) is 0 Å². The van der Waals surface area contributed by atoms with Gasteiger partial charge in [-0.1, -0.05) is 12.5 Å². The van der Waals surface area contributed by atoms with Crippen LogP contribution < -0.4 is 10.6 Å². The zero-order valence-electron chi connectivity index (χ0n) is 11.1. The minimum absolute atomic E-state index is 0.188. The molecule has 1 heterocycles. The highest BCUT2D eigenvalue weighted by atomic mass is 16.6. The molecule has 3 rings (SSSR count). The van der Waals surface area contributed by atoms with E-state index in [9.17, 15) is 4.79 Å². The van der Waals surface area contributed by atoms with Gasteiger partial charge in [0.15, 0.2) is 0 Å². The van der Waals surface area contributed by atoms with Crippen molar-refractivity contribution < 1.29 is 9.53 Å². The molecule has 1 aliphatic carbocycles. The first-order valence-corrected chi connectivity index (χ1v) is 7.05. The normalized spacial score (nSPS) is 22.3. The molecule has 1 aliphatic heterocycles. The quantitative estimate of drug-likeness (QED) is 0.788. The fourth-order valence-corrected chi connectivity index (χ4v) is 3.17. The summed E-state index contributed by atoms with van der Waals surface area (Å²) in [7, 11) is 0. The molecule has 0 aromatic heterocycles. The second kappa shape index (κ2) is 4.76. The molecule has 102 valence electrons. The van der Waals surface area contributed by atoms with Gasteiger partial charge in [0.2, 0.25) is 0 Å². The number of amides is 1. The smallest absolute Gasteiger partial charge is 0.414 e. The molecule has 19 heavy (non-hydrogen) atoms. The summed E-state index contributed by atoms with van der Waals surface area (Å²) in [6.45, 7) is 0.724. The molecule has 1 spiro atoms. The van der Waals surface area contributed by atoms with Crippen molar-refractivity contribution in [1.82, 2.24) is 0 Å². The van der Waals surface area contributed by atoms with Gasteiger partial charge < -0.3 is 10.5 Å².